The molecule has 0 bridgehead atoms. The third kappa shape index (κ3) is 3.97. The molecule has 0 atom stereocenters. The molecule has 0 saturated heterocycles. The van der Waals surface area contributed by atoms with Gasteiger partial charge in [0.15, 0.2) is 0 Å². The molecule has 1 heterocycles. The van der Waals surface area contributed by atoms with Gasteiger partial charge in [-0.25, -0.2) is 0 Å². The second-order valence-corrected chi connectivity index (χ2v) is 11.4. The van der Waals surface area contributed by atoms with Crippen LogP contribution >= 0.6 is 0 Å². The van der Waals surface area contributed by atoms with Gasteiger partial charge in [0.05, 0.1) is 17.8 Å². The molecule has 0 unspecified atom stereocenters. The van der Waals surface area contributed by atoms with Gasteiger partial charge in [-0.05, 0) is 101 Å². The molecule has 0 aliphatic rings. The van der Waals surface area contributed by atoms with Crippen LogP contribution in [0.1, 0.15) is 17.8 Å². The molecule has 0 amide bonds. The van der Waals surface area contributed by atoms with E-state index in [0.717, 1.165) is 32.7 Å². The van der Waals surface area contributed by atoms with Gasteiger partial charge in [-0.1, -0.05) is 145 Å². The van der Waals surface area contributed by atoms with Crippen molar-refractivity contribution in [2.45, 2.75) is 0 Å². The van der Waals surface area contributed by atoms with Gasteiger partial charge in [-0.15, -0.1) is 0 Å². The fourth-order valence-electron chi connectivity index (χ4n) is 6.88. The molecule has 9 aromatic carbocycles. The van der Waals surface area contributed by atoms with Crippen molar-refractivity contribution in [3.8, 4) is 33.4 Å². The fourth-order valence-corrected chi connectivity index (χ4v) is 6.88. The summed E-state index contributed by atoms with van der Waals surface area (Å²) in [6.07, 6.45) is 0. The summed E-state index contributed by atoms with van der Waals surface area (Å²) < 4.78 is 119. The van der Waals surface area contributed by atoms with E-state index in [4.69, 9.17) is 19.5 Å². The van der Waals surface area contributed by atoms with E-state index in [9.17, 15) is 2.74 Å². The number of hydrogen-bond donors (Lipinski definition) is 0. The molecule has 0 aliphatic carbocycles. The van der Waals surface area contributed by atoms with Gasteiger partial charge in [0, 0.05) is 10.8 Å². The monoisotopic (exact) mass is 609 g/mol. The standard InChI is InChI=1S/C46H28O/c1-2-13-31-27-32(24-23-29(31)11-1)35-20-10-22-42-46(35)41-26-25-33(28-43(41)47-42)44-37-16-5-7-18-39(37)45(40-19-8-6-17-38(40)44)36-21-9-14-30-12-3-4-15-34(30)36/h1-28H/i1D,2D,3D,4D,9D,11D,12D,13D,14D,21D,23D,24D,27D. The van der Waals surface area contributed by atoms with Crippen molar-refractivity contribution in [3.63, 3.8) is 0 Å². The topological polar surface area (TPSA) is 13.1 Å². The van der Waals surface area contributed by atoms with Crippen LogP contribution in [0, 0.1) is 0 Å². The Morgan fingerprint density at radius 3 is 1.91 bits per heavy atom. The third-order valence-electron chi connectivity index (χ3n) is 8.88. The van der Waals surface area contributed by atoms with Gasteiger partial charge in [-0.3, -0.25) is 0 Å². The summed E-state index contributed by atoms with van der Waals surface area (Å²) in [4.78, 5) is 0. The summed E-state index contributed by atoms with van der Waals surface area (Å²) in [5.41, 5.74) is 3.91. The number of benzene rings is 9. The van der Waals surface area contributed by atoms with Crippen molar-refractivity contribution in [2.24, 2.45) is 0 Å². The minimum Gasteiger partial charge on any atom is -0.456 e. The number of furan rings is 1. The van der Waals surface area contributed by atoms with Crippen molar-refractivity contribution in [3.05, 3.63) is 170 Å². The van der Waals surface area contributed by atoms with Crippen molar-refractivity contribution < 1.29 is 22.2 Å². The van der Waals surface area contributed by atoms with E-state index < -0.39 is 30.2 Å². The molecule has 1 heteroatoms. The molecule has 0 N–H and O–H groups in total. The second-order valence-electron chi connectivity index (χ2n) is 11.4. The highest BCUT2D eigenvalue weighted by atomic mass is 16.3. The molecule has 0 radical (unpaired) electrons. The molecule has 0 spiro atoms. The lowest BCUT2D eigenvalue weighted by molar-refractivity contribution is 0.669. The van der Waals surface area contributed by atoms with E-state index >= 15 is 0 Å². The first kappa shape index (κ1) is 16.4. The van der Waals surface area contributed by atoms with Crippen LogP contribution in [0.4, 0.5) is 0 Å². The minimum absolute atomic E-state index is 0.0427. The second kappa shape index (κ2) is 10.2. The van der Waals surface area contributed by atoms with E-state index in [1.54, 1.807) is 18.2 Å². The Bertz CT molecular complexity index is 3530. The van der Waals surface area contributed by atoms with E-state index in [-0.39, 0.29) is 75.4 Å². The smallest absolute Gasteiger partial charge is 0.136 e. The van der Waals surface area contributed by atoms with Gasteiger partial charge in [-0.2, -0.15) is 0 Å². The van der Waals surface area contributed by atoms with Gasteiger partial charge < -0.3 is 4.42 Å². The Labute approximate surface area is 290 Å². The predicted octanol–water partition coefficient (Wildman–Crippen LogP) is 13.2. The zero-order valence-corrected chi connectivity index (χ0v) is 24.6. The number of rotatable bonds is 3. The Hall–Kier alpha value is -6.18. The zero-order valence-electron chi connectivity index (χ0n) is 37.6. The van der Waals surface area contributed by atoms with Crippen molar-refractivity contribution in [1.82, 2.24) is 0 Å². The fraction of sp³-hybridized carbons (Fsp3) is 0. The van der Waals surface area contributed by atoms with E-state index in [1.807, 2.05) is 66.7 Å². The Kier molecular flexibility index (Phi) is 3.55. The van der Waals surface area contributed by atoms with Crippen LogP contribution in [0.5, 0.6) is 0 Å². The first-order valence-electron chi connectivity index (χ1n) is 21.6. The quantitative estimate of drug-likeness (QED) is 0.182. The van der Waals surface area contributed by atoms with Crippen molar-refractivity contribution >= 4 is 65.0 Å². The summed E-state index contributed by atoms with van der Waals surface area (Å²) >= 11 is 0. The van der Waals surface area contributed by atoms with Gasteiger partial charge in [0.2, 0.25) is 0 Å². The molecule has 0 fully saturated rings. The number of hydrogen-bond acceptors (Lipinski definition) is 1. The summed E-state index contributed by atoms with van der Waals surface area (Å²) in [6.45, 7) is 0. The lowest BCUT2D eigenvalue weighted by atomic mass is 9.84. The summed E-state index contributed by atoms with van der Waals surface area (Å²) in [6, 6.07) is 22.8. The van der Waals surface area contributed by atoms with Crippen LogP contribution in [0.3, 0.4) is 0 Å². The van der Waals surface area contributed by atoms with Crippen molar-refractivity contribution in [1.29, 1.82) is 0 Å². The molecule has 10 aromatic rings. The van der Waals surface area contributed by atoms with Gasteiger partial charge in [0.1, 0.15) is 11.2 Å². The largest absolute Gasteiger partial charge is 0.456 e. The van der Waals surface area contributed by atoms with Crippen molar-refractivity contribution in [2.75, 3.05) is 0 Å². The van der Waals surface area contributed by atoms with E-state index in [1.165, 1.54) is 6.07 Å². The highest BCUT2D eigenvalue weighted by molar-refractivity contribution is 6.24. The Balaban J connectivity index is 1.25. The maximum atomic E-state index is 9.20. The molecule has 10 rings (SSSR count). The first-order chi connectivity index (χ1) is 28.7. The molecule has 1 nitrogen and oxygen atoms in total. The lowest BCUT2D eigenvalue weighted by Crippen LogP contribution is -1.91. The van der Waals surface area contributed by atoms with E-state index in [2.05, 4.69) is 0 Å². The van der Waals surface area contributed by atoms with Crippen LogP contribution < -0.4 is 0 Å². The molecular formula is C46H28O. The Morgan fingerprint density at radius 1 is 0.404 bits per heavy atom. The molecular weight excluding hydrogens is 569 g/mol. The van der Waals surface area contributed by atoms with Crippen LogP contribution in [0.2, 0.25) is 0 Å². The average molecular weight is 610 g/mol. The number of fused-ring (bicyclic) bond motifs is 7. The normalized spacial score (nSPS) is 15.7. The van der Waals surface area contributed by atoms with Crippen LogP contribution in [0.25, 0.3) is 98.4 Å². The molecule has 218 valence electrons. The maximum Gasteiger partial charge on any atom is 0.136 e. The minimum atomic E-state index is -0.533. The van der Waals surface area contributed by atoms with Crippen LogP contribution in [-0.2, 0) is 0 Å². The first-order valence-corrected chi connectivity index (χ1v) is 15.1. The average Bonchev–Trinajstić information content (AvgIpc) is 3.63. The van der Waals surface area contributed by atoms with Gasteiger partial charge >= 0.3 is 0 Å². The van der Waals surface area contributed by atoms with Crippen LogP contribution in [-0.4, -0.2) is 0 Å². The van der Waals surface area contributed by atoms with Crippen LogP contribution in [0.15, 0.2) is 174 Å². The maximum absolute atomic E-state index is 9.20. The third-order valence-corrected chi connectivity index (χ3v) is 8.88. The summed E-state index contributed by atoms with van der Waals surface area (Å²) in [5.74, 6) is 0. The zero-order chi connectivity index (χ0) is 42.2. The molecule has 0 saturated carbocycles. The molecule has 1 aromatic heterocycles. The SMILES string of the molecule is [2H]c1cc2c(-c3c4ccccc4c(-c4ccc5c(c4)oc4cccc(-c6c([2H])c([2H])c7c([2H])c([2H])c([2H])c([2H])c7c6[2H])c45)c4ccccc34)c([2H])c([2H])c([2H])c2c([2H])c1[2H]. The highest BCUT2D eigenvalue weighted by Gasteiger charge is 2.19. The van der Waals surface area contributed by atoms with E-state index in [0.29, 0.717) is 38.6 Å². The molecule has 47 heavy (non-hydrogen) atoms. The summed E-state index contributed by atoms with van der Waals surface area (Å²) in [5, 5.41) is 4.30. The predicted molar refractivity (Wildman–Crippen MR) is 200 cm³/mol. The Morgan fingerprint density at radius 2 is 1.11 bits per heavy atom. The summed E-state index contributed by atoms with van der Waals surface area (Å²) in [7, 11) is 0. The lowest BCUT2D eigenvalue weighted by Gasteiger charge is -2.18. The highest BCUT2D eigenvalue weighted by Crippen LogP contribution is 2.46. The van der Waals surface area contributed by atoms with Gasteiger partial charge in [0.25, 0.3) is 0 Å². The molecule has 0 aliphatic heterocycles.